The number of anilines is 1. The van der Waals surface area contributed by atoms with E-state index in [-0.39, 0.29) is 11.9 Å². The number of amides is 1. The highest BCUT2D eigenvalue weighted by molar-refractivity contribution is 6.30. The number of nitrogens with zero attached hydrogens (tertiary/aromatic N) is 2. The SMILES string of the molecule is CC(C)(C(=O)NC1C2CC3CC1CC(C(=O)O)(C3)C2)N1CCN(c2ccc(Cl)cc2)CC1. The molecule has 7 heteroatoms. The van der Waals surface area contributed by atoms with Gasteiger partial charge in [0.05, 0.1) is 11.0 Å². The van der Waals surface area contributed by atoms with Gasteiger partial charge in [-0.2, -0.15) is 0 Å². The molecule has 1 aromatic carbocycles. The Balaban J connectivity index is 1.21. The molecule has 32 heavy (non-hydrogen) atoms. The fraction of sp³-hybridized carbons (Fsp3) is 0.680. The van der Waals surface area contributed by atoms with E-state index >= 15 is 0 Å². The molecule has 0 radical (unpaired) electrons. The summed E-state index contributed by atoms with van der Waals surface area (Å²) in [6.07, 6.45) is 4.41. The van der Waals surface area contributed by atoms with Gasteiger partial charge in [-0.05, 0) is 88.0 Å². The van der Waals surface area contributed by atoms with E-state index in [1.165, 1.54) is 0 Å². The Bertz CT molecular complexity index is 878. The third kappa shape index (κ3) is 3.69. The molecule has 4 saturated carbocycles. The van der Waals surface area contributed by atoms with Crippen LogP contribution in [0.1, 0.15) is 46.0 Å². The number of carboxylic acid groups (broad SMARTS) is 1. The van der Waals surface area contributed by atoms with E-state index in [2.05, 4.69) is 15.1 Å². The smallest absolute Gasteiger partial charge is 0.309 e. The predicted molar refractivity (Wildman–Crippen MR) is 125 cm³/mol. The van der Waals surface area contributed by atoms with Crippen molar-refractivity contribution in [1.82, 2.24) is 10.2 Å². The Morgan fingerprint density at radius 3 is 2.19 bits per heavy atom. The number of benzene rings is 1. The second kappa shape index (κ2) is 7.91. The van der Waals surface area contributed by atoms with Crippen LogP contribution in [0.25, 0.3) is 0 Å². The first-order chi connectivity index (χ1) is 15.2. The molecular weight excluding hydrogens is 426 g/mol. The van der Waals surface area contributed by atoms with E-state index < -0.39 is 16.9 Å². The van der Waals surface area contributed by atoms with Crippen LogP contribution in [0.2, 0.25) is 5.02 Å². The molecule has 1 heterocycles. The van der Waals surface area contributed by atoms with E-state index in [9.17, 15) is 14.7 Å². The molecule has 6 rings (SSSR count). The average Bonchev–Trinajstić information content (AvgIpc) is 2.76. The van der Waals surface area contributed by atoms with Gasteiger partial charge in [0.1, 0.15) is 0 Å². The Hall–Kier alpha value is -1.79. The standard InChI is InChI=1S/C25H34ClN3O3/c1-24(2,29-9-7-28(8-10-29)20-5-3-19(26)4-6-20)22(30)27-21-17-11-16-12-18(21)15-25(13-16,14-17)23(31)32/h3-6,16-18,21H,7-15H2,1-2H3,(H,27,30)(H,31,32). The molecule has 5 aliphatic rings. The van der Waals surface area contributed by atoms with Crippen molar-refractivity contribution >= 4 is 29.2 Å². The number of piperazine rings is 1. The molecule has 2 unspecified atom stereocenters. The van der Waals surface area contributed by atoms with Gasteiger partial charge in [0.25, 0.3) is 0 Å². The van der Waals surface area contributed by atoms with Crippen molar-refractivity contribution in [2.45, 2.75) is 57.5 Å². The minimum atomic E-state index is -0.624. The number of carbonyl (C=O) groups excluding carboxylic acids is 1. The number of hydrogen-bond acceptors (Lipinski definition) is 4. The van der Waals surface area contributed by atoms with Crippen molar-refractivity contribution in [3.8, 4) is 0 Å². The van der Waals surface area contributed by atoms with Gasteiger partial charge < -0.3 is 15.3 Å². The van der Waals surface area contributed by atoms with E-state index in [1.807, 2.05) is 38.1 Å². The number of rotatable bonds is 5. The number of carboxylic acids is 1. The summed E-state index contributed by atoms with van der Waals surface area (Å²) in [5.74, 6) is 0.586. The number of aliphatic carboxylic acids is 1. The van der Waals surface area contributed by atoms with E-state index in [1.54, 1.807) is 0 Å². The average molecular weight is 460 g/mol. The Kier molecular flexibility index (Phi) is 5.44. The van der Waals surface area contributed by atoms with Gasteiger partial charge in [-0.1, -0.05) is 11.6 Å². The first-order valence-corrected chi connectivity index (χ1v) is 12.4. The largest absolute Gasteiger partial charge is 0.481 e. The molecule has 0 aromatic heterocycles. The van der Waals surface area contributed by atoms with Gasteiger partial charge in [0.15, 0.2) is 0 Å². The number of carbonyl (C=O) groups is 2. The molecule has 4 bridgehead atoms. The van der Waals surface area contributed by atoms with E-state index in [0.717, 1.165) is 69.0 Å². The zero-order valence-corrected chi connectivity index (χ0v) is 19.8. The van der Waals surface area contributed by atoms with Crippen LogP contribution in [0.15, 0.2) is 24.3 Å². The fourth-order valence-electron chi connectivity index (χ4n) is 7.17. The topological polar surface area (TPSA) is 72.9 Å². The minimum absolute atomic E-state index is 0.0827. The van der Waals surface area contributed by atoms with Gasteiger partial charge in [-0.3, -0.25) is 14.5 Å². The lowest BCUT2D eigenvalue weighted by Crippen LogP contribution is -2.66. The molecule has 2 atom stereocenters. The van der Waals surface area contributed by atoms with E-state index in [0.29, 0.717) is 17.8 Å². The van der Waals surface area contributed by atoms with Crippen LogP contribution in [0, 0.1) is 23.2 Å². The number of hydrogen-bond donors (Lipinski definition) is 2. The summed E-state index contributed by atoms with van der Waals surface area (Å²) in [5.41, 5.74) is 0.0356. The fourth-order valence-corrected chi connectivity index (χ4v) is 7.30. The molecular formula is C25H34ClN3O3. The highest BCUT2D eigenvalue weighted by atomic mass is 35.5. The second-order valence-corrected chi connectivity index (χ2v) is 11.5. The summed E-state index contributed by atoms with van der Waals surface area (Å²) < 4.78 is 0. The van der Waals surface area contributed by atoms with Gasteiger partial charge in [0, 0.05) is 42.9 Å². The molecule has 4 aliphatic carbocycles. The zero-order chi connectivity index (χ0) is 22.7. The molecule has 1 aliphatic heterocycles. The highest BCUT2D eigenvalue weighted by Gasteiger charge is 2.59. The Labute approximate surface area is 195 Å². The van der Waals surface area contributed by atoms with Crippen LogP contribution in [0.3, 0.4) is 0 Å². The number of halogens is 1. The zero-order valence-electron chi connectivity index (χ0n) is 19.0. The van der Waals surface area contributed by atoms with Crippen LogP contribution in [0.5, 0.6) is 0 Å². The summed E-state index contributed by atoms with van der Waals surface area (Å²) in [6.45, 7) is 7.44. The van der Waals surface area contributed by atoms with Gasteiger partial charge in [-0.15, -0.1) is 0 Å². The molecule has 1 saturated heterocycles. The predicted octanol–water partition coefficient (Wildman–Crippen LogP) is 3.64. The lowest BCUT2D eigenvalue weighted by Gasteiger charge is -2.58. The molecule has 0 spiro atoms. The first kappa shape index (κ1) is 22.0. The normalized spacial score (nSPS) is 34.5. The van der Waals surface area contributed by atoms with Crippen molar-refractivity contribution in [1.29, 1.82) is 0 Å². The third-order valence-electron chi connectivity index (χ3n) is 8.84. The summed E-state index contributed by atoms with van der Waals surface area (Å²) in [7, 11) is 0. The van der Waals surface area contributed by atoms with Crippen LogP contribution in [-0.4, -0.2) is 59.6 Å². The molecule has 5 fully saturated rings. The van der Waals surface area contributed by atoms with Gasteiger partial charge >= 0.3 is 5.97 Å². The maximum absolute atomic E-state index is 13.5. The Morgan fingerprint density at radius 2 is 1.62 bits per heavy atom. The number of nitrogens with one attached hydrogen (secondary N) is 1. The molecule has 6 nitrogen and oxygen atoms in total. The van der Waals surface area contributed by atoms with Crippen LogP contribution in [0.4, 0.5) is 5.69 Å². The summed E-state index contributed by atoms with van der Waals surface area (Å²) in [4.78, 5) is 30.1. The van der Waals surface area contributed by atoms with Crippen molar-refractivity contribution in [3.05, 3.63) is 29.3 Å². The monoisotopic (exact) mass is 459 g/mol. The van der Waals surface area contributed by atoms with Crippen LogP contribution in [-0.2, 0) is 9.59 Å². The summed E-state index contributed by atoms with van der Waals surface area (Å²) >= 11 is 6.02. The lowest BCUT2D eigenvalue weighted by atomic mass is 9.48. The minimum Gasteiger partial charge on any atom is -0.481 e. The molecule has 2 N–H and O–H groups in total. The van der Waals surface area contributed by atoms with Crippen LogP contribution < -0.4 is 10.2 Å². The van der Waals surface area contributed by atoms with Gasteiger partial charge in [-0.25, -0.2) is 0 Å². The lowest BCUT2D eigenvalue weighted by molar-refractivity contribution is -0.168. The van der Waals surface area contributed by atoms with Gasteiger partial charge in [0.2, 0.25) is 5.91 Å². The first-order valence-electron chi connectivity index (χ1n) is 12.0. The van der Waals surface area contributed by atoms with E-state index in [4.69, 9.17) is 11.6 Å². The third-order valence-corrected chi connectivity index (χ3v) is 9.09. The summed E-state index contributed by atoms with van der Waals surface area (Å²) in [6, 6.07) is 8.06. The maximum Gasteiger partial charge on any atom is 0.309 e. The second-order valence-electron chi connectivity index (χ2n) is 11.1. The molecule has 1 aromatic rings. The van der Waals surface area contributed by atoms with Crippen molar-refractivity contribution in [2.24, 2.45) is 23.2 Å². The summed E-state index contributed by atoms with van der Waals surface area (Å²) in [5, 5.41) is 14.0. The highest BCUT2D eigenvalue weighted by Crippen LogP contribution is 2.60. The molecule has 174 valence electrons. The van der Waals surface area contributed by atoms with Crippen molar-refractivity contribution in [2.75, 3.05) is 31.1 Å². The van der Waals surface area contributed by atoms with Crippen molar-refractivity contribution in [3.63, 3.8) is 0 Å². The van der Waals surface area contributed by atoms with Crippen LogP contribution >= 0.6 is 11.6 Å². The molecule has 1 amide bonds. The quantitative estimate of drug-likeness (QED) is 0.703. The maximum atomic E-state index is 13.5. The Morgan fingerprint density at radius 1 is 1.03 bits per heavy atom. The van der Waals surface area contributed by atoms with Crippen molar-refractivity contribution < 1.29 is 14.7 Å².